The summed E-state index contributed by atoms with van der Waals surface area (Å²) < 4.78 is 2.13. The SMILES string of the molecule is CCc1cc(=O)[nH]c(-n2nc(-c3cccs3)cc2NC(=O)c2ccccc2Br)n1. The number of rotatable bonds is 5. The number of H-pyrrole nitrogens is 1. The number of benzene rings is 1. The minimum atomic E-state index is -0.301. The molecule has 3 heterocycles. The molecule has 0 atom stereocenters. The van der Waals surface area contributed by atoms with E-state index in [1.165, 1.54) is 22.1 Å². The molecule has 0 unspecified atom stereocenters. The van der Waals surface area contributed by atoms with Gasteiger partial charge < -0.3 is 5.32 Å². The summed E-state index contributed by atoms with van der Waals surface area (Å²) >= 11 is 4.93. The van der Waals surface area contributed by atoms with Crippen molar-refractivity contribution in [3.63, 3.8) is 0 Å². The number of thiophene rings is 1. The number of carbonyl (C=O) groups excluding carboxylic acids is 1. The van der Waals surface area contributed by atoms with Crippen LogP contribution >= 0.6 is 27.3 Å². The van der Waals surface area contributed by atoms with E-state index in [2.05, 4.69) is 36.3 Å². The summed E-state index contributed by atoms with van der Waals surface area (Å²) in [5.74, 6) is 0.357. The predicted octanol–water partition coefficient (Wildman–Crippen LogP) is 4.26. The Morgan fingerprint density at radius 3 is 2.79 bits per heavy atom. The Labute approximate surface area is 178 Å². The van der Waals surface area contributed by atoms with Gasteiger partial charge in [-0.2, -0.15) is 9.78 Å². The van der Waals surface area contributed by atoms with Gasteiger partial charge in [0, 0.05) is 22.3 Å². The van der Waals surface area contributed by atoms with Gasteiger partial charge in [0.05, 0.1) is 10.4 Å². The second-order valence-electron chi connectivity index (χ2n) is 6.15. The van der Waals surface area contributed by atoms with E-state index in [1.54, 1.807) is 24.3 Å². The maximum Gasteiger partial charge on any atom is 0.257 e. The van der Waals surface area contributed by atoms with Crippen molar-refractivity contribution >= 4 is 39.0 Å². The zero-order chi connectivity index (χ0) is 20.4. The van der Waals surface area contributed by atoms with Gasteiger partial charge >= 0.3 is 0 Å². The lowest BCUT2D eigenvalue weighted by molar-refractivity contribution is 0.102. The normalized spacial score (nSPS) is 10.8. The number of nitrogens with one attached hydrogen (secondary N) is 2. The maximum atomic E-state index is 12.8. The van der Waals surface area contributed by atoms with Gasteiger partial charge in [0.2, 0.25) is 5.95 Å². The number of nitrogens with zero attached hydrogens (tertiary/aromatic N) is 3. The number of amides is 1. The fraction of sp³-hybridized carbons (Fsp3) is 0.100. The highest BCUT2D eigenvalue weighted by atomic mass is 79.9. The quantitative estimate of drug-likeness (QED) is 0.456. The van der Waals surface area contributed by atoms with Crippen LogP contribution < -0.4 is 10.9 Å². The van der Waals surface area contributed by atoms with E-state index in [1.807, 2.05) is 30.5 Å². The van der Waals surface area contributed by atoms with Crippen LogP contribution in [0.25, 0.3) is 16.5 Å². The first kappa shape index (κ1) is 19.3. The number of anilines is 1. The summed E-state index contributed by atoms with van der Waals surface area (Å²) in [6.45, 7) is 1.92. The Morgan fingerprint density at radius 2 is 2.07 bits per heavy atom. The average molecular weight is 470 g/mol. The van der Waals surface area contributed by atoms with Crippen LogP contribution in [0.15, 0.2) is 63.2 Å². The average Bonchev–Trinajstić information content (AvgIpc) is 3.37. The minimum absolute atomic E-state index is 0.250. The molecule has 1 amide bonds. The molecule has 2 N–H and O–H groups in total. The predicted molar refractivity (Wildman–Crippen MR) is 117 cm³/mol. The molecule has 0 aliphatic heterocycles. The maximum absolute atomic E-state index is 12.8. The van der Waals surface area contributed by atoms with E-state index in [9.17, 15) is 9.59 Å². The molecule has 0 bridgehead atoms. The fourth-order valence-electron chi connectivity index (χ4n) is 2.78. The second-order valence-corrected chi connectivity index (χ2v) is 7.95. The van der Waals surface area contributed by atoms with Crippen molar-refractivity contribution in [3.8, 4) is 16.5 Å². The number of halogens is 1. The Hall–Kier alpha value is -3.04. The molecule has 1 aromatic carbocycles. The summed E-state index contributed by atoms with van der Waals surface area (Å²) in [4.78, 5) is 33.0. The molecule has 3 aromatic heterocycles. The number of hydrogen-bond acceptors (Lipinski definition) is 5. The van der Waals surface area contributed by atoms with Crippen LogP contribution in [0.4, 0.5) is 5.82 Å². The van der Waals surface area contributed by atoms with Crippen molar-refractivity contribution in [3.05, 3.63) is 80.0 Å². The monoisotopic (exact) mass is 469 g/mol. The van der Waals surface area contributed by atoms with Gasteiger partial charge in [0.15, 0.2) is 0 Å². The summed E-state index contributed by atoms with van der Waals surface area (Å²) in [7, 11) is 0. The molecule has 0 aliphatic carbocycles. The van der Waals surface area contributed by atoms with Crippen molar-refractivity contribution in [2.45, 2.75) is 13.3 Å². The summed E-state index contributed by atoms with van der Waals surface area (Å²) in [6, 6.07) is 14.2. The Bertz CT molecular complexity index is 1230. The van der Waals surface area contributed by atoms with Gasteiger partial charge in [-0.3, -0.25) is 14.6 Å². The molecule has 0 spiro atoms. The van der Waals surface area contributed by atoms with E-state index in [0.717, 1.165) is 4.88 Å². The Kier molecular flexibility index (Phi) is 5.41. The highest BCUT2D eigenvalue weighted by Crippen LogP contribution is 2.28. The van der Waals surface area contributed by atoms with Crippen LogP contribution in [-0.2, 0) is 6.42 Å². The van der Waals surface area contributed by atoms with Gasteiger partial charge in [-0.25, -0.2) is 4.98 Å². The first-order valence-electron chi connectivity index (χ1n) is 8.85. The third kappa shape index (κ3) is 4.06. The summed E-state index contributed by atoms with van der Waals surface area (Å²) in [5, 5.41) is 9.41. The topological polar surface area (TPSA) is 92.7 Å². The molecular weight excluding hydrogens is 454 g/mol. The molecule has 0 fully saturated rings. The van der Waals surface area contributed by atoms with Gasteiger partial charge in [-0.1, -0.05) is 25.1 Å². The molecule has 0 saturated heterocycles. The molecule has 0 radical (unpaired) electrons. The Balaban J connectivity index is 1.80. The van der Waals surface area contributed by atoms with Crippen LogP contribution in [0, 0.1) is 0 Å². The zero-order valence-electron chi connectivity index (χ0n) is 15.3. The van der Waals surface area contributed by atoms with Crippen LogP contribution in [0.5, 0.6) is 0 Å². The summed E-state index contributed by atoms with van der Waals surface area (Å²) in [5.41, 5.74) is 1.52. The van der Waals surface area contributed by atoms with Gasteiger partial charge in [-0.05, 0) is 45.9 Å². The smallest absolute Gasteiger partial charge is 0.257 e. The van der Waals surface area contributed by atoms with Crippen LogP contribution in [0.1, 0.15) is 23.0 Å². The van der Waals surface area contributed by atoms with Crippen molar-refractivity contribution in [2.24, 2.45) is 0 Å². The van der Waals surface area contributed by atoms with E-state index >= 15 is 0 Å². The molecule has 29 heavy (non-hydrogen) atoms. The van der Waals surface area contributed by atoms with E-state index in [4.69, 9.17) is 0 Å². The molecule has 0 aliphatic rings. The number of aromatic nitrogens is 4. The van der Waals surface area contributed by atoms with Crippen molar-refractivity contribution in [2.75, 3.05) is 5.32 Å². The third-order valence-electron chi connectivity index (χ3n) is 4.19. The molecule has 4 aromatic rings. The number of aryl methyl sites for hydroxylation is 1. The van der Waals surface area contributed by atoms with Gasteiger partial charge in [0.25, 0.3) is 11.5 Å². The summed E-state index contributed by atoms with van der Waals surface area (Å²) in [6.07, 6.45) is 0.606. The van der Waals surface area contributed by atoms with Gasteiger partial charge in [-0.15, -0.1) is 11.3 Å². The molecule has 146 valence electrons. The molecule has 7 nitrogen and oxygen atoms in total. The lowest BCUT2D eigenvalue weighted by atomic mass is 10.2. The van der Waals surface area contributed by atoms with Crippen molar-refractivity contribution in [1.82, 2.24) is 19.7 Å². The fourth-order valence-corrected chi connectivity index (χ4v) is 3.93. The van der Waals surface area contributed by atoms with Crippen molar-refractivity contribution < 1.29 is 4.79 Å². The van der Waals surface area contributed by atoms with E-state index < -0.39 is 0 Å². The lowest BCUT2D eigenvalue weighted by Gasteiger charge is -2.09. The third-order valence-corrected chi connectivity index (χ3v) is 5.77. The molecule has 0 saturated carbocycles. The first-order chi connectivity index (χ1) is 14.0. The number of hydrogen-bond donors (Lipinski definition) is 2. The second kappa shape index (κ2) is 8.14. The Morgan fingerprint density at radius 1 is 1.24 bits per heavy atom. The first-order valence-corrected chi connectivity index (χ1v) is 10.5. The zero-order valence-corrected chi connectivity index (χ0v) is 17.8. The minimum Gasteiger partial charge on any atom is -0.306 e. The molecule has 9 heteroatoms. The van der Waals surface area contributed by atoms with Crippen LogP contribution in [0.2, 0.25) is 0 Å². The highest BCUT2D eigenvalue weighted by Gasteiger charge is 2.18. The van der Waals surface area contributed by atoms with Crippen LogP contribution in [0.3, 0.4) is 0 Å². The standard InChI is InChI=1S/C20H16BrN5O2S/c1-2-12-10-18(27)24-20(22-12)26-17(11-15(25-26)16-8-5-9-29-16)23-19(28)13-6-3-4-7-14(13)21/h3-11H,2H2,1H3,(H,23,28)(H,22,24,27). The van der Waals surface area contributed by atoms with E-state index in [-0.39, 0.29) is 17.4 Å². The van der Waals surface area contributed by atoms with E-state index in [0.29, 0.717) is 33.7 Å². The van der Waals surface area contributed by atoms with Crippen LogP contribution in [-0.4, -0.2) is 25.7 Å². The molecular formula is C20H16BrN5O2S. The van der Waals surface area contributed by atoms with Gasteiger partial charge in [0.1, 0.15) is 11.5 Å². The number of carbonyl (C=O) groups is 1. The largest absolute Gasteiger partial charge is 0.306 e. The number of aromatic amines is 1. The lowest BCUT2D eigenvalue weighted by Crippen LogP contribution is -2.19. The van der Waals surface area contributed by atoms with Crippen molar-refractivity contribution in [1.29, 1.82) is 0 Å². The highest BCUT2D eigenvalue weighted by molar-refractivity contribution is 9.10. The molecule has 4 rings (SSSR count).